The lowest BCUT2D eigenvalue weighted by molar-refractivity contribution is -0.144. The number of hydrogen-bond acceptors (Lipinski definition) is 12. The van der Waals surface area contributed by atoms with Gasteiger partial charge in [0.15, 0.2) is 28.8 Å². The summed E-state index contributed by atoms with van der Waals surface area (Å²) in [5.41, 5.74) is 0. The molecule has 0 spiro atoms. The quantitative estimate of drug-likeness (QED) is 0.0648. The molecule has 1 amide bonds. The minimum atomic E-state index is -0.386. The molecule has 0 bridgehead atoms. The van der Waals surface area contributed by atoms with Crippen LogP contribution in [0.25, 0.3) is 20.2 Å². The standard InChI is InChI=1S/C34H39NO10S2/c1-6-42-32(37)10-9-23(36)30-17-22-16-26(25(41-5)19-28(22)46-30)44-13-8-14-45-27-20-29-21(15-24(27)40-4)18-31(47-29)34(39)35(3)12-11-33(38)43-7-2/h15-20H,6-14H2,1-5H3. The number of benzene rings is 2. The van der Waals surface area contributed by atoms with Crippen LogP contribution in [-0.4, -0.2) is 82.8 Å². The Balaban J connectivity index is 1.34. The van der Waals surface area contributed by atoms with E-state index in [1.54, 1.807) is 41.2 Å². The molecule has 0 aliphatic rings. The summed E-state index contributed by atoms with van der Waals surface area (Å²) < 4.78 is 34.8. The highest BCUT2D eigenvalue weighted by molar-refractivity contribution is 7.21. The van der Waals surface area contributed by atoms with Gasteiger partial charge in [-0.25, -0.2) is 0 Å². The Hall–Kier alpha value is -4.36. The first-order chi connectivity index (χ1) is 22.7. The summed E-state index contributed by atoms with van der Waals surface area (Å²) in [4.78, 5) is 51.6. The number of methoxy groups -OCH3 is 2. The number of thiophene rings is 2. The maximum Gasteiger partial charge on any atom is 0.307 e. The van der Waals surface area contributed by atoms with Gasteiger partial charge in [0.25, 0.3) is 5.91 Å². The topological polar surface area (TPSA) is 127 Å². The van der Waals surface area contributed by atoms with Crippen LogP contribution in [0.1, 0.15) is 58.9 Å². The Morgan fingerprint density at radius 3 is 1.79 bits per heavy atom. The lowest BCUT2D eigenvalue weighted by atomic mass is 10.1. The van der Waals surface area contributed by atoms with Gasteiger partial charge >= 0.3 is 11.9 Å². The van der Waals surface area contributed by atoms with Crippen LogP contribution in [0.4, 0.5) is 0 Å². The van der Waals surface area contributed by atoms with Crippen LogP contribution in [0.15, 0.2) is 36.4 Å². The molecule has 0 aliphatic heterocycles. The number of ether oxygens (including phenoxy) is 6. The number of nitrogens with zero attached hydrogens (tertiary/aromatic N) is 1. The number of ketones is 1. The molecule has 252 valence electrons. The lowest BCUT2D eigenvalue weighted by Gasteiger charge is -2.15. The second-order valence-corrected chi connectivity index (χ2v) is 12.5. The Labute approximate surface area is 281 Å². The molecular formula is C34H39NO10S2. The molecule has 0 fully saturated rings. The van der Waals surface area contributed by atoms with E-state index in [1.807, 2.05) is 30.3 Å². The molecule has 13 heteroatoms. The van der Waals surface area contributed by atoms with E-state index in [4.69, 9.17) is 28.4 Å². The van der Waals surface area contributed by atoms with Crippen molar-refractivity contribution in [2.45, 2.75) is 39.5 Å². The van der Waals surface area contributed by atoms with Crippen LogP contribution in [0.5, 0.6) is 23.0 Å². The summed E-state index contributed by atoms with van der Waals surface area (Å²) in [5.74, 6) is 1.17. The first-order valence-electron chi connectivity index (χ1n) is 15.3. The van der Waals surface area contributed by atoms with E-state index in [0.717, 1.165) is 20.2 Å². The van der Waals surface area contributed by atoms with E-state index in [9.17, 15) is 19.2 Å². The second-order valence-electron chi connectivity index (χ2n) is 10.4. The molecule has 0 aliphatic carbocycles. The van der Waals surface area contributed by atoms with Crippen LogP contribution in [0, 0.1) is 0 Å². The summed E-state index contributed by atoms with van der Waals surface area (Å²) in [7, 11) is 4.78. The molecule has 0 radical (unpaired) electrons. The summed E-state index contributed by atoms with van der Waals surface area (Å²) in [5, 5.41) is 1.70. The van der Waals surface area contributed by atoms with E-state index >= 15 is 0 Å². The van der Waals surface area contributed by atoms with Crippen LogP contribution >= 0.6 is 22.7 Å². The number of hydrogen-bond donors (Lipinski definition) is 0. The van der Waals surface area contributed by atoms with Crippen molar-refractivity contribution < 1.29 is 47.6 Å². The highest BCUT2D eigenvalue weighted by atomic mass is 32.1. The lowest BCUT2D eigenvalue weighted by Crippen LogP contribution is -2.28. The van der Waals surface area contributed by atoms with Crippen molar-refractivity contribution in [2.75, 3.05) is 54.2 Å². The predicted octanol–water partition coefficient (Wildman–Crippen LogP) is 6.53. The zero-order valence-corrected chi connectivity index (χ0v) is 28.8. The molecule has 2 heterocycles. The van der Waals surface area contributed by atoms with Gasteiger partial charge in [-0.2, -0.15) is 0 Å². The predicted molar refractivity (Wildman–Crippen MR) is 181 cm³/mol. The fraction of sp³-hybridized carbons (Fsp3) is 0.412. The molecule has 4 aromatic rings. The fourth-order valence-corrected chi connectivity index (χ4v) is 6.77. The van der Waals surface area contributed by atoms with Gasteiger partial charge in [-0.1, -0.05) is 0 Å². The Bertz CT molecular complexity index is 1730. The molecule has 0 saturated carbocycles. The van der Waals surface area contributed by atoms with Crippen LogP contribution < -0.4 is 18.9 Å². The van der Waals surface area contributed by atoms with Crippen molar-refractivity contribution in [1.29, 1.82) is 0 Å². The Kier molecular flexibility index (Phi) is 12.8. The molecule has 0 N–H and O–H groups in total. The van der Waals surface area contributed by atoms with Gasteiger partial charge in [-0.15, -0.1) is 22.7 Å². The zero-order chi connectivity index (χ0) is 33.9. The minimum absolute atomic E-state index is 0.0475. The maximum absolute atomic E-state index is 13.0. The number of carbonyl (C=O) groups excluding carboxylic acids is 4. The second kappa shape index (κ2) is 17.0. The van der Waals surface area contributed by atoms with E-state index < -0.39 is 0 Å². The van der Waals surface area contributed by atoms with E-state index in [1.165, 1.54) is 27.6 Å². The number of rotatable bonds is 18. The minimum Gasteiger partial charge on any atom is -0.493 e. The highest BCUT2D eigenvalue weighted by Crippen LogP contribution is 2.38. The van der Waals surface area contributed by atoms with Crippen molar-refractivity contribution in [1.82, 2.24) is 4.90 Å². The van der Waals surface area contributed by atoms with Gasteiger partial charge < -0.3 is 33.3 Å². The zero-order valence-electron chi connectivity index (χ0n) is 27.2. The average Bonchev–Trinajstić information content (AvgIpc) is 3.68. The third kappa shape index (κ3) is 9.35. The molecular weight excluding hydrogens is 647 g/mol. The number of carbonyl (C=O) groups is 4. The van der Waals surface area contributed by atoms with Crippen molar-refractivity contribution >= 4 is 66.5 Å². The molecule has 11 nitrogen and oxygen atoms in total. The third-order valence-electron chi connectivity index (χ3n) is 7.06. The largest absolute Gasteiger partial charge is 0.493 e. The van der Waals surface area contributed by atoms with Gasteiger partial charge in [0, 0.05) is 48.0 Å². The summed E-state index contributed by atoms with van der Waals surface area (Å²) in [6.45, 7) is 5.02. The molecule has 2 aromatic carbocycles. The number of Topliss-reactive ketones (excluding diaryl/α,β-unsaturated/α-hetero) is 1. The SMILES string of the molecule is CCOC(=O)CCC(=O)c1cc2cc(OCCCOc3cc4sc(C(=O)N(C)CCC(=O)OCC)cc4cc3OC)c(OC)cc2s1. The first-order valence-corrected chi connectivity index (χ1v) is 16.9. The Morgan fingerprint density at radius 2 is 1.17 bits per heavy atom. The first kappa shape index (κ1) is 35.5. The molecule has 0 saturated heterocycles. The van der Waals surface area contributed by atoms with Crippen molar-refractivity contribution in [3.8, 4) is 23.0 Å². The molecule has 0 atom stereocenters. The Morgan fingerprint density at radius 1 is 0.660 bits per heavy atom. The van der Waals surface area contributed by atoms with Crippen molar-refractivity contribution in [2.24, 2.45) is 0 Å². The molecule has 2 aromatic heterocycles. The summed E-state index contributed by atoms with van der Waals surface area (Å²) in [6.07, 6.45) is 0.827. The molecule has 0 unspecified atom stereocenters. The maximum atomic E-state index is 13.0. The highest BCUT2D eigenvalue weighted by Gasteiger charge is 2.19. The number of amides is 1. The van der Waals surface area contributed by atoms with Crippen molar-refractivity contribution in [3.05, 3.63) is 46.2 Å². The number of esters is 2. The van der Waals surface area contributed by atoms with Gasteiger partial charge in [-0.3, -0.25) is 19.2 Å². The average molecular weight is 686 g/mol. The van der Waals surface area contributed by atoms with E-state index in [0.29, 0.717) is 59.0 Å². The fourth-order valence-electron chi connectivity index (χ4n) is 4.66. The third-order valence-corrected chi connectivity index (χ3v) is 9.28. The van der Waals surface area contributed by atoms with E-state index in [2.05, 4.69) is 0 Å². The summed E-state index contributed by atoms with van der Waals surface area (Å²) >= 11 is 2.69. The van der Waals surface area contributed by atoms with Gasteiger partial charge in [-0.05, 0) is 48.9 Å². The van der Waals surface area contributed by atoms with Gasteiger partial charge in [0.2, 0.25) is 0 Å². The van der Waals surface area contributed by atoms with Gasteiger partial charge in [0.1, 0.15) is 0 Å². The monoisotopic (exact) mass is 685 g/mol. The smallest absolute Gasteiger partial charge is 0.307 e. The van der Waals surface area contributed by atoms with Crippen LogP contribution in [0.2, 0.25) is 0 Å². The number of fused-ring (bicyclic) bond motifs is 2. The van der Waals surface area contributed by atoms with Gasteiger partial charge in [0.05, 0.1) is 63.2 Å². The van der Waals surface area contributed by atoms with Crippen LogP contribution in [-0.2, 0) is 19.1 Å². The molecule has 4 rings (SSSR count). The van der Waals surface area contributed by atoms with Crippen molar-refractivity contribution in [3.63, 3.8) is 0 Å². The summed E-state index contributed by atoms with van der Waals surface area (Å²) in [6, 6.07) is 11.0. The van der Waals surface area contributed by atoms with E-state index in [-0.39, 0.29) is 56.0 Å². The normalized spacial score (nSPS) is 10.9. The molecule has 47 heavy (non-hydrogen) atoms. The van der Waals surface area contributed by atoms with Crippen LogP contribution in [0.3, 0.4) is 0 Å².